The van der Waals surface area contributed by atoms with Crippen LogP contribution < -0.4 is 10.1 Å². The summed E-state index contributed by atoms with van der Waals surface area (Å²) in [6.07, 6.45) is 7.20. The highest BCUT2D eigenvalue weighted by atomic mass is 19.2. The summed E-state index contributed by atoms with van der Waals surface area (Å²) in [7, 11) is 0. The molecule has 0 radical (unpaired) electrons. The average molecular weight is 381 g/mol. The number of hydrogen-bond donors (Lipinski definition) is 1. The predicted octanol–water partition coefficient (Wildman–Crippen LogP) is 4.44. The molecule has 0 saturated carbocycles. The zero-order valence-corrected chi connectivity index (χ0v) is 15.0. The standard InChI is InChI=1S/C21H17F2N3O2/c1-14(26-21(27)8-6-15-5-7-19(22)20(23)9-15)16-3-2-4-17(10-16)28-18-11-24-13-25-12-18/h2-14H,1H3,(H,26,27)/t14-/m0/s1. The quantitative estimate of drug-likeness (QED) is 0.641. The lowest BCUT2D eigenvalue weighted by Gasteiger charge is -2.14. The molecule has 0 fully saturated rings. The number of carbonyl (C=O) groups is 1. The fourth-order valence-corrected chi connectivity index (χ4v) is 2.45. The number of hydrogen-bond acceptors (Lipinski definition) is 4. The third-order valence-electron chi connectivity index (χ3n) is 3.86. The van der Waals surface area contributed by atoms with Crippen molar-refractivity contribution in [2.45, 2.75) is 13.0 Å². The summed E-state index contributed by atoms with van der Waals surface area (Å²) in [6.45, 7) is 1.83. The van der Waals surface area contributed by atoms with Crippen LogP contribution in [0.5, 0.6) is 11.5 Å². The monoisotopic (exact) mass is 381 g/mol. The van der Waals surface area contributed by atoms with Gasteiger partial charge in [0.25, 0.3) is 0 Å². The number of nitrogens with zero attached hydrogens (tertiary/aromatic N) is 2. The second kappa shape index (κ2) is 8.85. The minimum Gasteiger partial charge on any atom is -0.454 e. The van der Waals surface area contributed by atoms with E-state index in [1.54, 1.807) is 24.5 Å². The highest BCUT2D eigenvalue weighted by Gasteiger charge is 2.09. The fraction of sp³-hybridized carbons (Fsp3) is 0.0952. The molecule has 0 saturated heterocycles. The van der Waals surface area contributed by atoms with Crippen molar-refractivity contribution in [2.75, 3.05) is 0 Å². The topological polar surface area (TPSA) is 64.1 Å². The van der Waals surface area contributed by atoms with Gasteiger partial charge in [0.05, 0.1) is 18.4 Å². The minimum atomic E-state index is -0.962. The highest BCUT2D eigenvalue weighted by molar-refractivity contribution is 5.91. The maximum Gasteiger partial charge on any atom is 0.244 e. The Bertz CT molecular complexity index is 994. The van der Waals surface area contributed by atoms with Crippen molar-refractivity contribution in [2.24, 2.45) is 0 Å². The molecular formula is C21H17F2N3O2. The summed E-state index contributed by atoms with van der Waals surface area (Å²) in [5.74, 6) is -1.16. The van der Waals surface area contributed by atoms with Gasteiger partial charge in [0.1, 0.15) is 12.1 Å². The number of nitrogens with one attached hydrogen (secondary N) is 1. The molecule has 28 heavy (non-hydrogen) atoms. The van der Waals surface area contributed by atoms with Crippen LogP contribution in [-0.2, 0) is 4.79 Å². The Labute approximate surface area is 160 Å². The molecule has 3 aromatic rings. The van der Waals surface area contributed by atoms with Crippen LogP contribution in [0.2, 0.25) is 0 Å². The molecule has 142 valence electrons. The van der Waals surface area contributed by atoms with Crippen molar-refractivity contribution >= 4 is 12.0 Å². The van der Waals surface area contributed by atoms with Crippen molar-refractivity contribution in [1.82, 2.24) is 15.3 Å². The number of carbonyl (C=O) groups excluding carboxylic acids is 1. The Hall–Kier alpha value is -3.61. The van der Waals surface area contributed by atoms with E-state index in [1.807, 2.05) is 19.1 Å². The van der Waals surface area contributed by atoms with E-state index in [-0.39, 0.29) is 11.9 Å². The molecule has 0 aliphatic rings. The summed E-state index contributed by atoms with van der Waals surface area (Å²) < 4.78 is 31.8. The Balaban J connectivity index is 1.62. The summed E-state index contributed by atoms with van der Waals surface area (Å²) in [5.41, 5.74) is 1.23. The lowest BCUT2D eigenvalue weighted by molar-refractivity contribution is -0.117. The molecule has 7 heteroatoms. The molecule has 1 amide bonds. The smallest absolute Gasteiger partial charge is 0.244 e. The first-order chi connectivity index (χ1) is 13.5. The Kier molecular flexibility index (Phi) is 6.06. The highest BCUT2D eigenvalue weighted by Crippen LogP contribution is 2.23. The second-order valence-corrected chi connectivity index (χ2v) is 5.99. The summed E-state index contributed by atoms with van der Waals surface area (Å²) in [5, 5.41) is 2.81. The molecule has 0 aliphatic heterocycles. The van der Waals surface area contributed by atoms with Gasteiger partial charge in [-0.2, -0.15) is 0 Å². The van der Waals surface area contributed by atoms with Crippen molar-refractivity contribution in [3.05, 3.63) is 90.0 Å². The maximum absolute atomic E-state index is 13.2. The van der Waals surface area contributed by atoms with Gasteiger partial charge >= 0.3 is 0 Å². The zero-order valence-electron chi connectivity index (χ0n) is 15.0. The van der Waals surface area contributed by atoms with Crippen molar-refractivity contribution in [3.8, 4) is 11.5 Å². The van der Waals surface area contributed by atoms with E-state index in [0.29, 0.717) is 17.1 Å². The second-order valence-electron chi connectivity index (χ2n) is 5.99. The number of halogens is 2. The molecule has 0 unspecified atom stereocenters. The first-order valence-corrected chi connectivity index (χ1v) is 8.48. The number of aromatic nitrogens is 2. The van der Waals surface area contributed by atoms with E-state index >= 15 is 0 Å². The molecule has 1 heterocycles. The van der Waals surface area contributed by atoms with E-state index in [2.05, 4.69) is 15.3 Å². The lowest BCUT2D eigenvalue weighted by Crippen LogP contribution is -2.24. The van der Waals surface area contributed by atoms with E-state index in [0.717, 1.165) is 17.7 Å². The van der Waals surface area contributed by atoms with Crippen LogP contribution >= 0.6 is 0 Å². The number of ether oxygens (including phenoxy) is 1. The molecule has 1 N–H and O–H groups in total. The van der Waals surface area contributed by atoms with Gasteiger partial charge in [-0.25, -0.2) is 18.7 Å². The van der Waals surface area contributed by atoms with E-state index in [9.17, 15) is 13.6 Å². The summed E-state index contributed by atoms with van der Waals surface area (Å²) >= 11 is 0. The molecule has 0 aliphatic carbocycles. The molecular weight excluding hydrogens is 364 g/mol. The van der Waals surface area contributed by atoms with Gasteiger partial charge in [0.2, 0.25) is 5.91 Å². The van der Waals surface area contributed by atoms with Crippen LogP contribution in [0.1, 0.15) is 24.1 Å². The van der Waals surface area contributed by atoms with Crippen molar-refractivity contribution in [1.29, 1.82) is 0 Å². The van der Waals surface area contributed by atoms with E-state index in [4.69, 9.17) is 4.74 Å². The Morgan fingerprint density at radius 2 is 1.86 bits per heavy atom. The van der Waals surface area contributed by atoms with E-state index < -0.39 is 11.6 Å². The van der Waals surface area contributed by atoms with Crippen LogP contribution in [0.25, 0.3) is 6.08 Å². The van der Waals surface area contributed by atoms with Gasteiger partial charge in [-0.15, -0.1) is 0 Å². The largest absolute Gasteiger partial charge is 0.454 e. The lowest BCUT2D eigenvalue weighted by atomic mass is 10.1. The van der Waals surface area contributed by atoms with Crippen LogP contribution in [-0.4, -0.2) is 15.9 Å². The van der Waals surface area contributed by atoms with Crippen LogP contribution in [0.4, 0.5) is 8.78 Å². The predicted molar refractivity (Wildman–Crippen MR) is 100 cm³/mol. The molecule has 3 rings (SSSR count). The normalized spacial score (nSPS) is 12.0. The summed E-state index contributed by atoms with van der Waals surface area (Å²) in [6, 6.07) is 10.4. The van der Waals surface area contributed by atoms with Gasteiger partial charge in [-0.3, -0.25) is 4.79 Å². The number of benzene rings is 2. The molecule has 0 bridgehead atoms. The fourth-order valence-electron chi connectivity index (χ4n) is 2.45. The van der Waals surface area contributed by atoms with Gasteiger partial charge < -0.3 is 10.1 Å². The van der Waals surface area contributed by atoms with Gasteiger partial charge in [0.15, 0.2) is 17.4 Å². The molecule has 2 aromatic carbocycles. The molecule has 0 spiro atoms. The first-order valence-electron chi connectivity index (χ1n) is 8.48. The number of amides is 1. The Morgan fingerprint density at radius 3 is 2.61 bits per heavy atom. The summed E-state index contributed by atoms with van der Waals surface area (Å²) in [4.78, 5) is 19.9. The maximum atomic E-state index is 13.2. The minimum absolute atomic E-state index is 0.294. The van der Waals surface area contributed by atoms with Crippen LogP contribution in [0.3, 0.4) is 0 Å². The Morgan fingerprint density at radius 1 is 1.07 bits per heavy atom. The third kappa shape index (κ3) is 5.20. The van der Waals surface area contributed by atoms with Gasteiger partial charge in [0, 0.05) is 6.08 Å². The van der Waals surface area contributed by atoms with Crippen LogP contribution in [0, 0.1) is 11.6 Å². The molecule has 1 aromatic heterocycles. The van der Waals surface area contributed by atoms with Crippen molar-refractivity contribution in [3.63, 3.8) is 0 Å². The van der Waals surface area contributed by atoms with Crippen LogP contribution in [0.15, 0.2) is 67.3 Å². The van der Waals surface area contributed by atoms with E-state index in [1.165, 1.54) is 24.5 Å². The average Bonchev–Trinajstić information content (AvgIpc) is 2.70. The SMILES string of the molecule is C[C@H](NC(=O)C=Cc1ccc(F)c(F)c1)c1cccc(Oc2cncnc2)c1. The van der Waals surface area contributed by atoms with Gasteiger partial charge in [-0.05, 0) is 48.4 Å². The zero-order chi connectivity index (χ0) is 19.9. The molecule has 5 nitrogen and oxygen atoms in total. The number of rotatable bonds is 6. The van der Waals surface area contributed by atoms with Crippen molar-refractivity contribution < 1.29 is 18.3 Å². The molecule has 1 atom stereocenters. The third-order valence-corrected chi connectivity index (χ3v) is 3.86. The van der Waals surface area contributed by atoms with Gasteiger partial charge in [-0.1, -0.05) is 18.2 Å². The first kappa shape index (κ1) is 19.2.